The fourth-order valence-electron chi connectivity index (χ4n) is 4.76. The zero-order valence-electron chi connectivity index (χ0n) is 20.4. The summed E-state index contributed by atoms with van der Waals surface area (Å²) in [5.74, 6) is 0.921. The molecule has 0 spiro atoms. The van der Waals surface area contributed by atoms with Gasteiger partial charge in [0.15, 0.2) is 11.5 Å². The first kappa shape index (κ1) is 25.2. The van der Waals surface area contributed by atoms with Crippen LogP contribution in [0.5, 0.6) is 11.5 Å². The molecule has 0 amide bonds. The molecule has 1 N–H and O–H groups in total. The van der Waals surface area contributed by atoms with Gasteiger partial charge in [0.05, 0.1) is 25.2 Å². The first-order chi connectivity index (χ1) is 16.7. The number of methoxy groups -OCH3 is 2. The van der Waals surface area contributed by atoms with Crippen molar-refractivity contribution in [2.75, 3.05) is 20.8 Å². The lowest BCUT2D eigenvalue weighted by Gasteiger charge is -2.41. The van der Waals surface area contributed by atoms with Gasteiger partial charge in [-0.15, -0.1) is 0 Å². The van der Waals surface area contributed by atoms with Gasteiger partial charge in [-0.2, -0.15) is 0 Å². The quantitative estimate of drug-likeness (QED) is 0.491. The predicted molar refractivity (Wildman–Crippen MR) is 134 cm³/mol. The summed E-state index contributed by atoms with van der Waals surface area (Å²) in [5, 5.41) is 0. The molecule has 35 heavy (non-hydrogen) atoms. The number of fused-ring (bicyclic) bond motifs is 1. The molecule has 3 aromatic carbocycles. The molecular formula is C27H31FN2O4S. The first-order valence-electron chi connectivity index (χ1n) is 11.5. The van der Waals surface area contributed by atoms with Crippen molar-refractivity contribution in [3.05, 3.63) is 88.7 Å². The topological polar surface area (TPSA) is 67.9 Å². The summed E-state index contributed by atoms with van der Waals surface area (Å²) in [5.41, 5.74) is 3.85. The number of ether oxygens (including phenoxy) is 2. The minimum Gasteiger partial charge on any atom is -0.493 e. The molecule has 0 saturated heterocycles. The van der Waals surface area contributed by atoms with Gasteiger partial charge in [0.2, 0.25) is 10.0 Å². The van der Waals surface area contributed by atoms with E-state index in [0.717, 1.165) is 28.7 Å². The number of hydrogen-bond acceptors (Lipinski definition) is 5. The number of nitrogens with zero attached hydrogens (tertiary/aromatic N) is 1. The summed E-state index contributed by atoms with van der Waals surface area (Å²) in [4.78, 5) is 2.40. The zero-order valence-corrected chi connectivity index (χ0v) is 21.2. The zero-order chi connectivity index (χ0) is 25.2. The molecule has 1 heterocycles. The third kappa shape index (κ3) is 5.50. The van der Waals surface area contributed by atoms with Gasteiger partial charge >= 0.3 is 0 Å². The third-order valence-corrected chi connectivity index (χ3v) is 8.02. The second-order valence-electron chi connectivity index (χ2n) is 8.92. The molecule has 0 fully saturated rings. The van der Waals surface area contributed by atoms with Crippen molar-refractivity contribution in [1.82, 2.24) is 9.62 Å². The van der Waals surface area contributed by atoms with Gasteiger partial charge in [-0.25, -0.2) is 17.5 Å². The average Bonchev–Trinajstić information content (AvgIpc) is 2.83. The number of aryl methyl sites for hydroxylation is 1. The number of halogens is 1. The second-order valence-corrected chi connectivity index (χ2v) is 10.6. The van der Waals surface area contributed by atoms with Gasteiger partial charge in [0.25, 0.3) is 0 Å². The molecule has 186 valence electrons. The van der Waals surface area contributed by atoms with Gasteiger partial charge < -0.3 is 9.47 Å². The molecule has 6 nitrogen and oxygen atoms in total. The number of hydrogen-bond donors (Lipinski definition) is 1. The lowest BCUT2D eigenvalue weighted by molar-refractivity contribution is 0.150. The van der Waals surface area contributed by atoms with E-state index in [0.29, 0.717) is 24.6 Å². The average molecular weight is 499 g/mol. The number of sulfonamides is 1. The van der Waals surface area contributed by atoms with E-state index in [1.54, 1.807) is 44.6 Å². The Bertz CT molecular complexity index is 1300. The van der Waals surface area contributed by atoms with Crippen molar-refractivity contribution >= 4 is 10.0 Å². The first-order valence-corrected chi connectivity index (χ1v) is 13.0. The van der Waals surface area contributed by atoms with Crippen molar-refractivity contribution < 1.29 is 22.3 Å². The molecule has 8 heteroatoms. The Kier molecular flexibility index (Phi) is 7.44. The summed E-state index contributed by atoms with van der Waals surface area (Å²) < 4.78 is 54.3. The summed E-state index contributed by atoms with van der Waals surface area (Å²) in [6.45, 7) is 4.94. The maximum atomic E-state index is 13.9. The highest BCUT2D eigenvalue weighted by Crippen LogP contribution is 2.40. The maximum absolute atomic E-state index is 13.9. The van der Waals surface area contributed by atoms with Gasteiger partial charge in [-0.1, -0.05) is 29.8 Å². The van der Waals surface area contributed by atoms with Crippen LogP contribution in [0.1, 0.15) is 35.2 Å². The minimum atomic E-state index is -3.75. The molecule has 0 saturated carbocycles. The Morgan fingerprint density at radius 1 is 1.06 bits per heavy atom. The molecule has 1 aliphatic rings. The van der Waals surface area contributed by atoms with Gasteiger partial charge in [-0.3, -0.25) is 4.90 Å². The van der Waals surface area contributed by atoms with E-state index in [1.807, 2.05) is 32.0 Å². The lowest BCUT2D eigenvalue weighted by atomic mass is 9.88. The van der Waals surface area contributed by atoms with Gasteiger partial charge in [0.1, 0.15) is 5.82 Å². The molecule has 1 aliphatic heterocycles. The van der Waals surface area contributed by atoms with Crippen molar-refractivity contribution in [3.63, 3.8) is 0 Å². The number of rotatable bonds is 8. The van der Waals surface area contributed by atoms with E-state index < -0.39 is 16.1 Å². The van der Waals surface area contributed by atoms with Crippen LogP contribution < -0.4 is 14.2 Å². The van der Waals surface area contributed by atoms with Crippen LogP contribution >= 0.6 is 0 Å². The third-order valence-electron chi connectivity index (χ3n) is 6.45. The second kappa shape index (κ2) is 10.4. The van der Waals surface area contributed by atoms with Crippen LogP contribution in [0, 0.1) is 12.7 Å². The van der Waals surface area contributed by atoms with E-state index >= 15 is 0 Å². The Morgan fingerprint density at radius 2 is 1.74 bits per heavy atom. The monoisotopic (exact) mass is 498 g/mol. The molecule has 2 atom stereocenters. The van der Waals surface area contributed by atoms with E-state index in [9.17, 15) is 12.8 Å². The van der Waals surface area contributed by atoms with Gasteiger partial charge in [0, 0.05) is 19.1 Å². The Labute approximate surface area is 206 Å². The van der Waals surface area contributed by atoms with Crippen LogP contribution in [-0.4, -0.2) is 40.1 Å². The summed E-state index contributed by atoms with van der Waals surface area (Å²) in [7, 11) is -0.576. The van der Waals surface area contributed by atoms with Crippen LogP contribution in [0.25, 0.3) is 0 Å². The fraction of sp³-hybridized carbons (Fsp3) is 0.333. The smallest absolute Gasteiger partial charge is 0.240 e. The molecule has 0 aromatic heterocycles. The Hall–Kier alpha value is -2.94. The molecule has 0 radical (unpaired) electrons. The SMILES string of the molecule is COc1cc2c(cc1OC)C(C(C)NS(=O)(=O)c1ccc(C)cc1)N(Cc1cccc(F)c1)CC2. The number of nitrogens with one attached hydrogen (secondary N) is 1. The van der Waals surface area contributed by atoms with E-state index in [-0.39, 0.29) is 16.8 Å². The van der Waals surface area contributed by atoms with Gasteiger partial charge in [-0.05, 0) is 73.4 Å². The van der Waals surface area contributed by atoms with E-state index in [1.165, 1.54) is 12.1 Å². The predicted octanol–water partition coefficient (Wildman–Crippen LogP) is 4.62. The fourth-order valence-corrected chi connectivity index (χ4v) is 6.00. The largest absolute Gasteiger partial charge is 0.493 e. The van der Waals surface area contributed by atoms with E-state index in [4.69, 9.17) is 9.47 Å². The van der Waals surface area contributed by atoms with Crippen LogP contribution in [-0.2, 0) is 23.0 Å². The minimum absolute atomic E-state index is 0.218. The molecule has 0 bridgehead atoms. The van der Waals surface area contributed by atoms with Crippen LogP contribution in [0.4, 0.5) is 4.39 Å². The molecular weight excluding hydrogens is 467 g/mol. The summed E-state index contributed by atoms with van der Waals surface area (Å²) >= 11 is 0. The lowest BCUT2D eigenvalue weighted by Crippen LogP contribution is -2.47. The molecule has 4 rings (SSSR count). The standard InChI is InChI=1S/C27H31FN2O4S/c1-18-8-10-23(11-9-18)35(31,32)29-19(2)27-24-16-26(34-4)25(33-3)15-21(24)12-13-30(27)17-20-6-5-7-22(28)14-20/h5-11,14-16,19,27,29H,12-13,17H2,1-4H3. The van der Waals surface area contributed by atoms with Crippen LogP contribution in [0.15, 0.2) is 65.6 Å². The Balaban J connectivity index is 1.72. The molecule has 3 aromatic rings. The van der Waals surface area contributed by atoms with Crippen molar-refractivity contribution in [1.29, 1.82) is 0 Å². The summed E-state index contributed by atoms with van der Waals surface area (Å²) in [6.07, 6.45) is 0.749. The highest BCUT2D eigenvalue weighted by Gasteiger charge is 2.35. The normalized spacial score (nSPS) is 17.0. The number of benzene rings is 3. The van der Waals surface area contributed by atoms with Crippen molar-refractivity contribution in [2.24, 2.45) is 0 Å². The van der Waals surface area contributed by atoms with E-state index in [2.05, 4.69) is 9.62 Å². The summed E-state index contributed by atoms with van der Waals surface area (Å²) in [6, 6.07) is 16.4. The Morgan fingerprint density at radius 3 is 2.40 bits per heavy atom. The highest BCUT2D eigenvalue weighted by atomic mass is 32.2. The highest BCUT2D eigenvalue weighted by molar-refractivity contribution is 7.89. The van der Waals surface area contributed by atoms with Crippen molar-refractivity contribution in [3.8, 4) is 11.5 Å². The van der Waals surface area contributed by atoms with Crippen LogP contribution in [0.2, 0.25) is 0 Å². The van der Waals surface area contributed by atoms with Crippen LogP contribution in [0.3, 0.4) is 0 Å². The maximum Gasteiger partial charge on any atom is 0.240 e. The molecule has 0 aliphatic carbocycles. The van der Waals surface area contributed by atoms with Crippen molar-refractivity contribution in [2.45, 2.75) is 43.8 Å². The molecule has 2 unspecified atom stereocenters.